The summed E-state index contributed by atoms with van der Waals surface area (Å²) < 4.78 is 54.7. The lowest BCUT2D eigenvalue weighted by molar-refractivity contribution is 0.0844. The van der Waals surface area contributed by atoms with Crippen LogP contribution in [0.25, 0.3) is 0 Å². The molecule has 1 aromatic carbocycles. The van der Waals surface area contributed by atoms with E-state index in [9.17, 15) is 22.0 Å². The molecule has 0 aliphatic heterocycles. The Morgan fingerprint density at radius 2 is 1.88 bits per heavy atom. The predicted molar refractivity (Wildman–Crippen MR) is 48.2 cm³/mol. The summed E-state index contributed by atoms with van der Waals surface area (Å²) in [4.78, 5) is 11.2. The first-order chi connectivity index (χ1) is 7.23. The average molecular weight is 252 g/mol. The van der Waals surface area contributed by atoms with Crippen LogP contribution in [0.4, 0.5) is 8.78 Å². The maximum absolute atomic E-state index is 13.0. The number of Topliss-reactive ketones (excluding diaryl/α,β-unsaturated/α-hetero) is 1. The van der Waals surface area contributed by atoms with E-state index in [1.54, 1.807) is 0 Å². The van der Waals surface area contributed by atoms with Gasteiger partial charge < -0.3 is 5.11 Å². The molecule has 5 nitrogen and oxygen atoms in total. The minimum atomic E-state index is -5.03. The highest BCUT2D eigenvalue weighted by molar-refractivity contribution is 7.87. The molecule has 0 bridgehead atoms. The van der Waals surface area contributed by atoms with Crippen LogP contribution in [0.1, 0.15) is 10.4 Å². The summed E-state index contributed by atoms with van der Waals surface area (Å²) in [5, 5.41) is 8.85. The highest BCUT2D eigenvalue weighted by Crippen LogP contribution is 2.13. The van der Waals surface area contributed by atoms with Gasteiger partial charge in [0.1, 0.15) is 11.6 Å². The molecule has 1 rings (SSSR count). The standard InChI is InChI=1S/C8H6F2O5S/c9-4-1-2-5(6(10)3-4)7(11)8(12)16(13,14)15/h1-3,8,12H,(H,13,14,15). The molecule has 0 aliphatic rings. The summed E-state index contributed by atoms with van der Waals surface area (Å²) in [6, 6.07) is 1.73. The van der Waals surface area contributed by atoms with E-state index in [-0.39, 0.29) is 0 Å². The van der Waals surface area contributed by atoms with Crippen LogP contribution in [-0.2, 0) is 10.1 Å². The number of aliphatic hydroxyl groups excluding tert-OH is 1. The molecule has 0 amide bonds. The van der Waals surface area contributed by atoms with E-state index in [1.807, 2.05) is 0 Å². The van der Waals surface area contributed by atoms with Crippen molar-refractivity contribution in [3.8, 4) is 0 Å². The summed E-state index contributed by atoms with van der Waals surface area (Å²) in [6.45, 7) is 0. The number of benzene rings is 1. The monoisotopic (exact) mass is 252 g/mol. The van der Waals surface area contributed by atoms with E-state index >= 15 is 0 Å². The quantitative estimate of drug-likeness (QED) is 0.598. The molecule has 0 saturated carbocycles. The summed E-state index contributed by atoms with van der Waals surface area (Å²) in [7, 11) is -5.03. The zero-order valence-corrected chi connectivity index (χ0v) is 8.41. The van der Waals surface area contributed by atoms with E-state index in [2.05, 4.69) is 0 Å². The van der Waals surface area contributed by atoms with Gasteiger partial charge in [0.05, 0.1) is 5.56 Å². The lowest BCUT2D eigenvalue weighted by Gasteiger charge is -2.06. The third-order valence-corrected chi connectivity index (χ3v) is 2.48. The van der Waals surface area contributed by atoms with E-state index in [0.717, 1.165) is 0 Å². The Bertz CT molecular complexity index is 525. The van der Waals surface area contributed by atoms with Crippen molar-refractivity contribution in [1.82, 2.24) is 0 Å². The zero-order chi connectivity index (χ0) is 12.5. The molecule has 1 atom stereocenters. The van der Waals surface area contributed by atoms with Crippen LogP contribution in [-0.4, -0.2) is 29.3 Å². The van der Waals surface area contributed by atoms with Gasteiger partial charge in [-0.2, -0.15) is 8.42 Å². The summed E-state index contributed by atoms with van der Waals surface area (Å²) in [5.74, 6) is -3.86. The third kappa shape index (κ3) is 2.60. The van der Waals surface area contributed by atoms with Gasteiger partial charge in [-0.05, 0) is 12.1 Å². The van der Waals surface area contributed by atoms with Gasteiger partial charge in [-0.3, -0.25) is 9.35 Å². The highest BCUT2D eigenvalue weighted by atomic mass is 32.2. The maximum Gasteiger partial charge on any atom is 0.299 e. The molecule has 0 spiro atoms. The second-order valence-electron chi connectivity index (χ2n) is 2.86. The molecule has 1 unspecified atom stereocenters. The molecular weight excluding hydrogens is 246 g/mol. The summed E-state index contributed by atoms with van der Waals surface area (Å²) in [6.07, 6.45) is 0. The van der Waals surface area contributed by atoms with Gasteiger partial charge in [-0.25, -0.2) is 8.78 Å². The minimum absolute atomic E-state index is 0.351. The SMILES string of the molecule is O=C(c1ccc(F)cc1F)C(O)S(=O)(=O)O. The first-order valence-corrected chi connectivity index (χ1v) is 5.37. The van der Waals surface area contributed by atoms with Gasteiger partial charge in [0, 0.05) is 6.07 Å². The fourth-order valence-electron chi connectivity index (χ4n) is 0.958. The molecule has 0 radical (unpaired) electrons. The normalized spacial score (nSPS) is 13.5. The second kappa shape index (κ2) is 4.24. The molecule has 8 heteroatoms. The van der Waals surface area contributed by atoms with Crippen molar-refractivity contribution in [2.75, 3.05) is 0 Å². The predicted octanol–water partition coefficient (Wildman–Crippen LogP) is 0.354. The number of hydrogen-bond donors (Lipinski definition) is 2. The van der Waals surface area contributed by atoms with Crippen LogP contribution in [0.5, 0.6) is 0 Å². The number of rotatable bonds is 3. The Morgan fingerprint density at radius 1 is 1.31 bits per heavy atom. The smallest absolute Gasteiger partial charge is 0.299 e. The van der Waals surface area contributed by atoms with Crippen LogP contribution in [0.2, 0.25) is 0 Å². The second-order valence-corrected chi connectivity index (χ2v) is 4.33. The fraction of sp³-hybridized carbons (Fsp3) is 0.125. The van der Waals surface area contributed by atoms with Gasteiger partial charge in [0.2, 0.25) is 11.2 Å². The molecule has 1 aromatic rings. The molecule has 0 aliphatic carbocycles. The Balaban J connectivity index is 3.16. The van der Waals surface area contributed by atoms with Crippen molar-refractivity contribution in [2.24, 2.45) is 0 Å². The van der Waals surface area contributed by atoms with Crippen molar-refractivity contribution < 1.29 is 31.7 Å². The van der Waals surface area contributed by atoms with E-state index in [0.29, 0.717) is 18.2 Å². The lowest BCUT2D eigenvalue weighted by atomic mass is 10.1. The summed E-state index contributed by atoms with van der Waals surface area (Å²) in [5.41, 5.74) is -3.61. The molecule has 2 N–H and O–H groups in total. The van der Waals surface area contributed by atoms with Crippen molar-refractivity contribution in [3.63, 3.8) is 0 Å². The third-order valence-electron chi connectivity index (χ3n) is 1.70. The lowest BCUT2D eigenvalue weighted by Crippen LogP contribution is -2.30. The molecule has 0 heterocycles. The largest absolute Gasteiger partial charge is 0.369 e. The van der Waals surface area contributed by atoms with Crippen LogP contribution in [0.3, 0.4) is 0 Å². The summed E-state index contributed by atoms with van der Waals surface area (Å²) >= 11 is 0. The minimum Gasteiger partial charge on any atom is -0.369 e. The average Bonchev–Trinajstić information content (AvgIpc) is 2.14. The van der Waals surface area contributed by atoms with E-state index in [4.69, 9.17) is 9.66 Å². The molecule has 88 valence electrons. The highest BCUT2D eigenvalue weighted by Gasteiger charge is 2.30. The Labute approximate surface area is 89.1 Å². The number of aliphatic hydroxyl groups is 1. The van der Waals surface area contributed by atoms with E-state index in [1.165, 1.54) is 0 Å². The van der Waals surface area contributed by atoms with Gasteiger partial charge >= 0.3 is 0 Å². The first kappa shape index (κ1) is 12.7. The maximum atomic E-state index is 13.0. The van der Waals surface area contributed by atoms with Crippen LogP contribution < -0.4 is 0 Å². The zero-order valence-electron chi connectivity index (χ0n) is 7.59. The van der Waals surface area contributed by atoms with Crippen LogP contribution >= 0.6 is 0 Å². The molecular formula is C8H6F2O5S. The molecule has 0 saturated heterocycles. The van der Waals surface area contributed by atoms with Gasteiger partial charge in [-0.1, -0.05) is 0 Å². The van der Waals surface area contributed by atoms with Gasteiger partial charge in [0.25, 0.3) is 10.1 Å². The number of ketones is 1. The number of halogens is 2. The Kier molecular flexibility index (Phi) is 3.36. The fourth-order valence-corrected chi connectivity index (χ4v) is 1.36. The molecule has 0 fully saturated rings. The number of carbonyl (C=O) groups excluding carboxylic acids is 1. The van der Waals surface area contributed by atoms with Crippen molar-refractivity contribution in [1.29, 1.82) is 0 Å². The van der Waals surface area contributed by atoms with Crippen LogP contribution in [0.15, 0.2) is 18.2 Å². The topological polar surface area (TPSA) is 91.7 Å². The molecule has 16 heavy (non-hydrogen) atoms. The Hall–Kier alpha value is -1.38. The van der Waals surface area contributed by atoms with Crippen molar-refractivity contribution in [3.05, 3.63) is 35.4 Å². The number of hydrogen-bond acceptors (Lipinski definition) is 4. The van der Waals surface area contributed by atoms with Crippen molar-refractivity contribution in [2.45, 2.75) is 5.44 Å². The van der Waals surface area contributed by atoms with Gasteiger partial charge in [-0.15, -0.1) is 0 Å². The first-order valence-electron chi connectivity index (χ1n) is 3.87. The Morgan fingerprint density at radius 3 is 2.31 bits per heavy atom. The van der Waals surface area contributed by atoms with Gasteiger partial charge in [0.15, 0.2) is 0 Å². The van der Waals surface area contributed by atoms with Crippen molar-refractivity contribution >= 4 is 15.9 Å². The number of carbonyl (C=O) groups is 1. The molecule has 0 aromatic heterocycles. The van der Waals surface area contributed by atoms with Crippen LogP contribution in [0, 0.1) is 11.6 Å². The van der Waals surface area contributed by atoms with E-state index < -0.39 is 38.5 Å².